The van der Waals surface area contributed by atoms with E-state index in [0.717, 1.165) is 0 Å². The van der Waals surface area contributed by atoms with E-state index in [1.165, 1.54) is 6.33 Å². The fraction of sp³-hybridized carbons (Fsp3) is 0.556. The summed E-state index contributed by atoms with van der Waals surface area (Å²) in [4.78, 5) is 8.01. The molecule has 0 saturated carbocycles. The molecule has 1 aromatic heterocycles. The highest BCUT2D eigenvalue weighted by molar-refractivity contribution is 5.54. The molecule has 1 heterocycles. The first kappa shape index (κ1) is 10.6. The van der Waals surface area contributed by atoms with Gasteiger partial charge in [-0.25, -0.2) is 4.98 Å². The lowest BCUT2D eigenvalue weighted by Gasteiger charge is -2.13. The SMILES string of the molecule is CNc1ncnc(OC(C)C)c1OC. The van der Waals surface area contributed by atoms with E-state index in [0.29, 0.717) is 17.4 Å². The monoisotopic (exact) mass is 197 g/mol. The standard InChI is InChI=1S/C9H15N3O2/c1-6(2)14-9-7(13-4)8(10-3)11-5-12-9/h5-6H,1-4H3,(H,10,11,12). The van der Waals surface area contributed by atoms with Gasteiger partial charge in [0.05, 0.1) is 13.2 Å². The minimum atomic E-state index is 0.0588. The van der Waals surface area contributed by atoms with Crippen LogP contribution in [0.4, 0.5) is 5.82 Å². The summed E-state index contributed by atoms with van der Waals surface area (Å²) in [5.41, 5.74) is 0. The highest BCUT2D eigenvalue weighted by Crippen LogP contribution is 2.30. The number of hydrogen-bond donors (Lipinski definition) is 1. The minimum absolute atomic E-state index is 0.0588. The molecule has 0 unspecified atom stereocenters. The number of nitrogens with zero attached hydrogens (tertiary/aromatic N) is 2. The normalized spacial score (nSPS) is 10.1. The molecule has 0 bridgehead atoms. The van der Waals surface area contributed by atoms with E-state index in [1.54, 1.807) is 14.2 Å². The average Bonchev–Trinajstić information content (AvgIpc) is 2.16. The lowest BCUT2D eigenvalue weighted by Crippen LogP contribution is -2.09. The predicted octanol–water partition coefficient (Wildman–Crippen LogP) is 1.31. The van der Waals surface area contributed by atoms with Crippen LogP contribution in [0.5, 0.6) is 11.6 Å². The van der Waals surface area contributed by atoms with Gasteiger partial charge in [-0.05, 0) is 13.8 Å². The maximum absolute atomic E-state index is 5.46. The summed E-state index contributed by atoms with van der Waals surface area (Å²) in [6, 6.07) is 0. The Hall–Kier alpha value is -1.52. The molecule has 1 aromatic rings. The van der Waals surface area contributed by atoms with Gasteiger partial charge in [0, 0.05) is 7.05 Å². The van der Waals surface area contributed by atoms with E-state index < -0.39 is 0 Å². The summed E-state index contributed by atoms with van der Waals surface area (Å²) >= 11 is 0. The minimum Gasteiger partial charge on any atom is -0.489 e. The molecule has 0 aliphatic carbocycles. The van der Waals surface area contributed by atoms with Crippen molar-refractivity contribution in [2.45, 2.75) is 20.0 Å². The van der Waals surface area contributed by atoms with Gasteiger partial charge in [0.15, 0.2) is 5.82 Å². The van der Waals surface area contributed by atoms with E-state index in [1.807, 2.05) is 13.8 Å². The number of anilines is 1. The van der Waals surface area contributed by atoms with Crippen LogP contribution in [0.1, 0.15) is 13.8 Å². The predicted molar refractivity (Wildman–Crippen MR) is 53.9 cm³/mol. The highest BCUT2D eigenvalue weighted by atomic mass is 16.5. The van der Waals surface area contributed by atoms with Gasteiger partial charge in [-0.3, -0.25) is 0 Å². The van der Waals surface area contributed by atoms with Gasteiger partial charge in [-0.15, -0.1) is 0 Å². The average molecular weight is 197 g/mol. The summed E-state index contributed by atoms with van der Waals surface area (Å²) < 4.78 is 10.6. The van der Waals surface area contributed by atoms with Crippen molar-refractivity contribution in [3.05, 3.63) is 6.33 Å². The largest absolute Gasteiger partial charge is 0.489 e. The van der Waals surface area contributed by atoms with Gasteiger partial charge in [-0.2, -0.15) is 4.98 Å². The van der Waals surface area contributed by atoms with E-state index in [2.05, 4.69) is 15.3 Å². The Kier molecular flexibility index (Phi) is 3.50. The Morgan fingerprint density at radius 3 is 2.57 bits per heavy atom. The Morgan fingerprint density at radius 2 is 2.07 bits per heavy atom. The summed E-state index contributed by atoms with van der Waals surface area (Å²) in [6.45, 7) is 3.86. The second kappa shape index (κ2) is 4.64. The number of ether oxygens (including phenoxy) is 2. The summed E-state index contributed by atoms with van der Waals surface area (Å²) in [6.07, 6.45) is 1.50. The molecular formula is C9H15N3O2. The second-order valence-electron chi connectivity index (χ2n) is 2.98. The first-order valence-electron chi connectivity index (χ1n) is 4.42. The molecule has 1 rings (SSSR count). The third kappa shape index (κ3) is 2.25. The number of aromatic nitrogens is 2. The zero-order chi connectivity index (χ0) is 10.6. The molecule has 5 heteroatoms. The van der Waals surface area contributed by atoms with Crippen molar-refractivity contribution in [2.24, 2.45) is 0 Å². The summed E-state index contributed by atoms with van der Waals surface area (Å²) in [5.74, 6) is 1.61. The lowest BCUT2D eigenvalue weighted by atomic mass is 10.4. The molecule has 0 aliphatic rings. The Labute approximate surface area is 83.5 Å². The van der Waals surface area contributed by atoms with Crippen LogP contribution in [0.25, 0.3) is 0 Å². The fourth-order valence-electron chi connectivity index (χ4n) is 1.03. The van der Waals surface area contributed by atoms with Crippen LogP contribution in [-0.2, 0) is 0 Å². The summed E-state index contributed by atoms with van der Waals surface area (Å²) in [7, 11) is 3.33. The molecule has 0 aromatic carbocycles. The highest BCUT2D eigenvalue weighted by Gasteiger charge is 2.12. The molecular weight excluding hydrogens is 182 g/mol. The van der Waals surface area contributed by atoms with E-state index in [4.69, 9.17) is 9.47 Å². The number of rotatable bonds is 4. The Morgan fingerprint density at radius 1 is 1.36 bits per heavy atom. The van der Waals surface area contributed by atoms with E-state index in [-0.39, 0.29) is 6.10 Å². The topological polar surface area (TPSA) is 56.3 Å². The number of nitrogens with one attached hydrogen (secondary N) is 1. The fourth-order valence-corrected chi connectivity index (χ4v) is 1.03. The van der Waals surface area contributed by atoms with Crippen LogP contribution in [-0.4, -0.2) is 30.2 Å². The molecule has 0 aliphatic heterocycles. The van der Waals surface area contributed by atoms with Gasteiger partial charge in [0.25, 0.3) is 5.88 Å². The zero-order valence-corrected chi connectivity index (χ0v) is 8.87. The van der Waals surface area contributed by atoms with Crippen LogP contribution in [0.15, 0.2) is 6.33 Å². The molecule has 78 valence electrons. The lowest BCUT2D eigenvalue weighted by molar-refractivity contribution is 0.220. The third-order valence-electron chi connectivity index (χ3n) is 1.56. The van der Waals surface area contributed by atoms with Gasteiger partial charge in [0.1, 0.15) is 6.33 Å². The van der Waals surface area contributed by atoms with Gasteiger partial charge < -0.3 is 14.8 Å². The van der Waals surface area contributed by atoms with Gasteiger partial charge in [-0.1, -0.05) is 0 Å². The van der Waals surface area contributed by atoms with Crippen LogP contribution in [0, 0.1) is 0 Å². The smallest absolute Gasteiger partial charge is 0.262 e. The van der Waals surface area contributed by atoms with Crippen molar-refractivity contribution in [1.29, 1.82) is 0 Å². The van der Waals surface area contributed by atoms with Crippen molar-refractivity contribution in [3.63, 3.8) is 0 Å². The third-order valence-corrected chi connectivity index (χ3v) is 1.56. The molecule has 0 spiro atoms. The first-order chi connectivity index (χ1) is 6.69. The molecule has 0 amide bonds. The van der Waals surface area contributed by atoms with Crippen molar-refractivity contribution < 1.29 is 9.47 Å². The Balaban J connectivity index is 3.02. The molecule has 0 radical (unpaired) electrons. The Bertz CT molecular complexity index is 302. The molecule has 5 nitrogen and oxygen atoms in total. The first-order valence-corrected chi connectivity index (χ1v) is 4.42. The van der Waals surface area contributed by atoms with E-state index >= 15 is 0 Å². The quantitative estimate of drug-likeness (QED) is 0.788. The van der Waals surface area contributed by atoms with Crippen LogP contribution in [0.2, 0.25) is 0 Å². The second-order valence-corrected chi connectivity index (χ2v) is 2.98. The van der Waals surface area contributed by atoms with Crippen LogP contribution >= 0.6 is 0 Å². The molecule has 14 heavy (non-hydrogen) atoms. The van der Waals surface area contributed by atoms with Crippen LogP contribution in [0.3, 0.4) is 0 Å². The molecule has 0 fully saturated rings. The number of methoxy groups -OCH3 is 1. The molecule has 0 atom stereocenters. The zero-order valence-electron chi connectivity index (χ0n) is 8.87. The summed E-state index contributed by atoms with van der Waals surface area (Å²) in [5, 5.41) is 2.90. The van der Waals surface area contributed by atoms with Gasteiger partial charge >= 0.3 is 0 Å². The molecule has 0 saturated heterocycles. The van der Waals surface area contributed by atoms with Crippen molar-refractivity contribution in [3.8, 4) is 11.6 Å². The number of hydrogen-bond acceptors (Lipinski definition) is 5. The molecule has 1 N–H and O–H groups in total. The van der Waals surface area contributed by atoms with Crippen LogP contribution < -0.4 is 14.8 Å². The van der Waals surface area contributed by atoms with E-state index in [9.17, 15) is 0 Å². The maximum Gasteiger partial charge on any atom is 0.262 e. The van der Waals surface area contributed by atoms with Crippen molar-refractivity contribution in [1.82, 2.24) is 9.97 Å². The maximum atomic E-state index is 5.46. The van der Waals surface area contributed by atoms with Crippen molar-refractivity contribution in [2.75, 3.05) is 19.5 Å². The van der Waals surface area contributed by atoms with Gasteiger partial charge in [0.2, 0.25) is 5.75 Å². The van der Waals surface area contributed by atoms with Crippen molar-refractivity contribution >= 4 is 5.82 Å².